The molecule has 0 aromatic heterocycles. The lowest BCUT2D eigenvalue weighted by Crippen LogP contribution is -2.02. The van der Waals surface area contributed by atoms with Crippen LogP contribution in [0, 0.1) is 6.92 Å². The van der Waals surface area contributed by atoms with Crippen molar-refractivity contribution in [3.63, 3.8) is 0 Å². The van der Waals surface area contributed by atoms with E-state index in [-0.39, 0.29) is 6.10 Å². The van der Waals surface area contributed by atoms with Gasteiger partial charge in [0.05, 0.1) is 12.7 Å². The quantitative estimate of drug-likeness (QED) is 0.806. The molecule has 15 heavy (non-hydrogen) atoms. The predicted molar refractivity (Wildman–Crippen MR) is 62.3 cm³/mol. The third-order valence-electron chi connectivity index (χ3n) is 2.46. The zero-order valence-electron chi connectivity index (χ0n) is 9.79. The second-order valence-corrected chi connectivity index (χ2v) is 3.91. The summed E-state index contributed by atoms with van der Waals surface area (Å²) in [5, 5.41) is 9.22. The molecule has 0 radical (unpaired) electrons. The summed E-state index contributed by atoms with van der Waals surface area (Å²) in [5.41, 5.74) is 2.53. The van der Waals surface area contributed by atoms with Crippen LogP contribution in [0.15, 0.2) is 18.2 Å². The minimum absolute atomic E-state index is 0.226. The van der Waals surface area contributed by atoms with Crippen molar-refractivity contribution in [3.05, 3.63) is 29.3 Å². The van der Waals surface area contributed by atoms with Gasteiger partial charge in [0.2, 0.25) is 0 Å². The number of aliphatic hydroxyl groups is 1. The normalized spacial score (nSPS) is 12.5. The topological polar surface area (TPSA) is 29.5 Å². The molecule has 0 amide bonds. The Morgan fingerprint density at radius 2 is 2.13 bits per heavy atom. The van der Waals surface area contributed by atoms with E-state index in [4.69, 9.17) is 4.74 Å². The van der Waals surface area contributed by atoms with E-state index in [2.05, 4.69) is 19.1 Å². The minimum atomic E-state index is -0.226. The van der Waals surface area contributed by atoms with E-state index in [1.165, 1.54) is 11.1 Å². The fourth-order valence-corrected chi connectivity index (χ4v) is 1.57. The summed E-state index contributed by atoms with van der Waals surface area (Å²) in [6.07, 6.45) is 1.51. The number of rotatable bonds is 5. The standard InChI is InChI=1S/C13H20O2/c1-4-15-13-8-7-12(10(2)9-13)6-5-11(3)14/h7-9,11,14H,4-6H2,1-3H3/t11-/m0/s1. The first-order valence-corrected chi connectivity index (χ1v) is 5.54. The number of hydrogen-bond donors (Lipinski definition) is 1. The Morgan fingerprint density at radius 1 is 1.40 bits per heavy atom. The molecule has 1 rings (SSSR count). The SMILES string of the molecule is CCOc1ccc(CC[C@H](C)O)c(C)c1. The van der Waals surface area contributed by atoms with Gasteiger partial charge < -0.3 is 9.84 Å². The van der Waals surface area contributed by atoms with Crippen LogP contribution in [0.5, 0.6) is 5.75 Å². The lowest BCUT2D eigenvalue weighted by Gasteiger charge is -2.10. The van der Waals surface area contributed by atoms with E-state index in [1.807, 2.05) is 19.9 Å². The first-order chi connectivity index (χ1) is 7.13. The Kier molecular flexibility index (Phi) is 4.63. The van der Waals surface area contributed by atoms with Gasteiger partial charge >= 0.3 is 0 Å². The zero-order chi connectivity index (χ0) is 11.3. The molecule has 0 saturated heterocycles. The van der Waals surface area contributed by atoms with E-state index >= 15 is 0 Å². The zero-order valence-corrected chi connectivity index (χ0v) is 9.79. The van der Waals surface area contributed by atoms with E-state index in [9.17, 15) is 5.11 Å². The second kappa shape index (κ2) is 5.76. The van der Waals surface area contributed by atoms with E-state index < -0.39 is 0 Å². The summed E-state index contributed by atoms with van der Waals surface area (Å²) in [5.74, 6) is 0.927. The molecule has 2 nitrogen and oxygen atoms in total. The Balaban J connectivity index is 2.66. The average Bonchev–Trinajstić information content (AvgIpc) is 2.17. The predicted octanol–water partition coefficient (Wildman–Crippen LogP) is 2.71. The third kappa shape index (κ3) is 3.92. The lowest BCUT2D eigenvalue weighted by atomic mass is 10.0. The summed E-state index contributed by atoms with van der Waals surface area (Å²) in [6.45, 7) is 6.59. The largest absolute Gasteiger partial charge is 0.494 e. The van der Waals surface area contributed by atoms with Gasteiger partial charge in [-0.1, -0.05) is 6.07 Å². The number of hydrogen-bond acceptors (Lipinski definition) is 2. The highest BCUT2D eigenvalue weighted by atomic mass is 16.5. The van der Waals surface area contributed by atoms with E-state index in [0.29, 0.717) is 6.61 Å². The number of benzene rings is 1. The van der Waals surface area contributed by atoms with Crippen LogP contribution in [0.4, 0.5) is 0 Å². The van der Waals surface area contributed by atoms with Crippen LogP contribution >= 0.6 is 0 Å². The van der Waals surface area contributed by atoms with Crippen molar-refractivity contribution in [3.8, 4) is 5.75 Å². The molecule has 0 unspecified atom stereocenters. The monoisotopic (exact) mass is 208 g/mol. The Labute approximate surface area is 91.9 Å². The molecular weight excluding hydrogens is 188 g/mol. The molecule has 0 saturated carbocycles. The number of ether oxygens (including phenoxy) is 1. The van der Waals surface area contributed by atoms with Crippen molar-refractivity contribution >= 4 is 0 Å². The van der Waals surface area contributed by atoms with Gasteiger partial charge in [-0.25, -0.2) is 0 Å². The summed E-state index contributed by atoms with van der Waals surface area (Å²) in [4.78, 5) is 0. The third-order valence-corrected chi connectivity index (χ3v) is 2.46. The maximum absolute atomic E-state index is 9.22. The van der Waals surface area contributed by atoms with Crippen LogP contribution in [0.2, 0.25) is 0 Å². The molecule has 1 aromatic rings. The maximum Gasteiger partial charge on any atom is 0.119 e. The highest BCUT2D eigenvalue weighted by Crippen LogP contribution is 2.18. The molecule has 0 aliphatic rings. The van der Waals surface area contributed by atoms with Gasteiger partial charge in [-0.05, 0) is 56.9 Å². The summed E-state index contributed by atoms with van der Waals surface area (Å²) < 4.78 is 5.42. The fraction of sp³-hybridized carbons (Fsp3) is 0.538. The highest BCUT2D eigenvalue weighted by Gasteiger charge is 2.02. The van der Waals surface area contributed by atoms with Gasteiger partial charge in [-0.3, -0.25) is 0 Å². The molecular formula is C13H20O2. The molecule has 2 heteroatoms. The van der Waals surface area contributed by atoms with Crippen molar-refractivity contribution < 1.29 is 9.84 Å². The van der Waals surface area contributed by atoms with Gasteiger partial charge in [0, 0.05) is 0 Å². The van der Waals surface area contributed by atoms with Gasteiger partial charge in [-0.2, -0.15) is 0 Å². The summed E-state index contributed by atoms with van der Waals surface area (Å²) in [7, 11) is 0. The van der Waals surface area contributed by atoms with Crippen molar-refractivity contribution in [2.45, 2.75) is 39.7 Å². The van der Waals surface area contributed by atoms with Gasteiger partial charge in [0.15, 0.2) is 0 Å². The van der Waals surface area contributed by atoms with Crippen LogP contribution < -0.4 is 4.74 Å². The summed E-state index contributed by atoms with van der Waals surface area (Å²) in [6, 6.07) is 6.14. The van der Waals surface area contributed by atoms with Crippen LogP contribution in [-0.4, -0.2) is 17.8 Å². The number of aliphatic hydroxyl groups excluding tert-OH is 1. The van der Waals surface area contributed by atoms with Crippen LogP contribution in [0.1, 0.15) is 31.4 Å². The average molecular weight is 208 g/mol. The molecule has 1 N–H and O–H groups in total. The first kappa shape index (κ1) is 12.1. The van der Waals surface area contributed by atoms with Crippen molar-refractivity contribution in [2.75, 3.05) is 6.61 Å². The molecule has 0 aliphatic carbocycles. The van der Waals surface area contributed by atoms with E-state index in [1.54, 1.807) is 0 Å². The van der Waals surface area contributed by atoms with Gasteiger partial charge in [0.25, 0.3) is 0 Å². The Morgan fingerprint density at radius 3 is 2.67 bits per heavy atom. The highest BCUT2D eigenvalue weighted by molar-refractivity contribution is 5.34. The smallest absolute Gasteiger partial charge is 0.119 e. The maximum atomic E-state index is 9.22. The van der Waals surface area contributed by atoms with Crippen molar-refractivity contribution in [1.82, 2.24) is 0 Å². The second-order valence-electron chi connectivity index (χ2n) is 3.91. The molecule has 0 bridgehead atoms. The molecule has 1 atom stereocenters. The molecule has 1 aromatic carbocycles. The van der Waals surface area contributed by atoms with Crippen LogP contribution in [0.3, 0.4) is 0 Å². The fourth-order valence-electron chi connectivity index (χ4n) is 1.57. The molecule has 0 spiro atoms. The van der Waals surface area contributed by atoms with Crippen LogP contribution in [0.25, 0.3) is 0 Å². The first-order valence-electron chi connectivity index (χ1n) is 5.54. The Hall–Kier alpha value is -1.02. The molecule has 0 heterocycles. The summed E-state index contributed by atoms with van der Waals surface area (Å²) >= 11 is 0. The Bertz CT molecular complexity index is 305. The van der Waals surface area contributed by atoms with Crippen molar-refractivity contribution in [2.24, 2.45) is 0 Å². The molecule has 84 valence electrons. The van der Waals surface area contributed by atoms with E-state index in [0.717, 1.165) is 18.6 Å². The van der Waals surface area contributed by atoms with Crippen molar-refractivity contribution in [1.29, 1.82) is 0 Å². The number of aryl methyl sites for hydroxylation is 2. The van der Waals surface area contributed by atoms with Gasteiger partial charge in [0.1, 0.15) is 5.75 Å². The molecule has 0 fully saturated rings. The molecule has 0 aliphatic heterocycles. The van der Waals surface area contributed by atoms with Gasteiger partial charge in [-0.15, -0.1) is 0 Å². The minimum Gasteiger partial charge on any atom is -0.494 e. The lowest BCUT2D eigenvalue weighted by molar-refractivity contribution is 0.185. The van der Waals surface area contributed by atoms with Crippen LogP contribution in [-0.2, 0) is 6.42 Å².